The fourth-order valence-corrected chi connectivity index (χ4v) is 3.92. The van der Waals surface area contributed by atoms with Gasteiger partial charge in [-0.15, -0.1) is 0 Å². The average Bonchev–Trinajstić information content (AvgIpc) is 2.65. The molecule has 0 fully saturated rings. The molecule has 2 aromatic rings. The van der Waals surface area contributed by atoms with E-state index in [0.717, 1.165) is 16.4 Å². The third-order valence-electron chi connectivity index (χ3n) is 3.81. The van der Waals surface area contributed by atoms with Gasteiger partial charge in [0.2, 0.25) is 10.0 Å². The maximum Gasteiger partial charge on any atom is 0.307 e. The van der Waals surface area contributed by atoms with E-state index < -0.39 is 37.5 Å². The van der Waals surface area contributed by atoms with Crippen molar-refractivity contribution in [3.63, 3.8) is 0 Å². The largest absolute Gasteiger partial charge is 0.469 e. The lowest BCUT2D eigenvalue weighted by molar-refractivity contribution is -0.387. The molecule has 0 N–H and O–H groups in total. The smallest absolute Gasteiger partial charge is 0.307 e. The maximum atomic E-state index is 13.0. The number of methoxy groups -OCH3 is 1. The number of ether oxygens (including phenoxy) is 1. The van der Waals surface area contributed by atoms with Crippen molar-refractivity contribution in [3.05, 3.63) is 64.5 Å². The first-order valence-electron chi connectivity index (χ1n) is 7.47. The summed E-state index contributed by atoms with van der Waals surface area (Å²) >= 11 is 0. The van der Waals surface area contributed by atoms with Crippen LogP contribution in [0.3, 0.4) is 0 Å². The Kier molecular flexibility index (Phi) is 6.01. The predicted octanol–water partition coefficient (Wildman–Crippen LogP) is 1.91. The highest BCUT2D eigenvalue weighted by Crippen LogP contribution is 2.32. The SMILES string of the molecule is COC(=O)CC(c1cccnc1)N(C)S(=O)(=O)c1ccccc1[N+](=O)[O-]. The summed E-state index contributed by atoms with van der Waals surface area (Å²) in [5.41, 5.74) is -0.0788. The summed E-state index contributed by atoms with van der Waals surface area (Å²) in [5.74, 6) is -0.622. The molecule has 0 aliphatic heterocycles. The van der Waals surface area contributed by atoms with E-state index in [2.05, 4.69) is 9.72 Å². The lowest BCUT2D eigenvalue weighted by atomic mass is 10.1. The number of nitro groups is 1. The fraction of sp³-hybridized carbons (Fsp3) is 0.250. The third kappa shape index (κ3) is 4.03. The van der Waals surface area contributed by atoms with Gasteiger partial charge in [-0.25, -0.2) is 8.42 Å². The van der Waals surface area contributed by atoms with Gasteiger partial charge in [-0.2, -0.15) is 4.31 Å². The van der Waals surface area contributed by atoms with E-state index in [9.17, 15) is 23.3 Å². The highest BCUT2D eigenvalue weighted by Gasteiger charge is 2.35. The molecule has 1 unspecified atom stereocenters. The average molecular weight is 379 g/mol. The van der Waals surface area contributed by atoms with Gasteiger partial charge in [-0.05, 0) is 17.7 Å². The summed E-state index contributed by atoms with van der Waals surface area (Å²) in [5, 5.41) is 11.2. The van der Waals surface area contributed by atoms with Crippen molar-refractivity contribution in [2.75, 3.05) is 14.2 Å². The zero-order chi connectivity index (χ0) is 19.3. The molecule has 0 radical (unpaired) electrons. The fourth-order valence-electron chi connectivity index (χ4n) is 2.42. The van der Waals surface area contributed by atoms with E-state index in [1.165, 1.54) is 38.7 Å². The van der Waals surface area contributed by atoms with Crippen LogP contribution in [0.15, 0.2) is 53.7 Å². The van der Waals surface area contributed by atoms with Gasteiger partial charge in [0, 0.05) is 25.5 Å². The summed E-state index contributed by atoms with van der Waals surface area (Å²) in [6, 6.07) is 7.33. The molecule has 0 bridgehead atoms. The van der Waals surface area contributed by atoms with Gasteiger partial charge in [0.15, 0.2) is 4.90 Å². The molecule has 138 valence electrons. The van der Waals surface area contributed by atoms with Gasteiger partial charge in [0.25, 0.3) is 5.69 Å². The molecule has 0 saturated carbocycles. The Morgan fingerprint density at radius 2 is 2.00 bits per heavy atom. The molecule has 2 rings (SSSR count). The Labute approximate surface area is 150 Å². The van der Waals surface area contributed by atoms with Gasteiger partial charge in [0.1, 0.15) is 0 Å². The summed E-state index contributed by atoms with van der Waals surface area (Å²) in [7, 11) is -1.81. The Morgan fingerprint density at radius 3 is 2.58 bits per heavy atom. The number of esters is 1. The van der Waals surface area contributed by atoms with Crippen LogP contribution in [0.4, 0.5) is 5.69 Å². The number of nitrogens with zero attached hydrogens (tertiary/aromatic N) is 3. The molecule has 0 spiro atoms. The molecule has 1 atom stereocenters. The second-order valence-corrected chi connectivity index (χ2v) is 7.29. The molecular weight excluding hydrogens is 362 g/mol. The first-order chi connectivity index (χ1) is 12.3. The molecule has 0 amide bonds. The molecule has 1 heterocycles. The minimum absolute atomic E-state index is 0.265. The van der Waals surface area contributed by atoms with E-state index in [0.29, 0.717) is 5.56 Å². The highest BCUT2D eigenvalue weighted by molar-refractivity contribution is 7.89. The summed E-state index contributed by atoms with van der Waals surface area (Å²) in [4.78, 5) is 25.7. The molecule has 0 aliphatic rings. The highest BCUT2D eigenvalue weighted by atomic mass is 32.2. The molecule has 0 aliphatic carbocycles. The van der Waals surface area contributed by atoms with Crippen LogP contribution in [0.1, 0.15) is 18.0 Å². The second-order valence-electron chi connectivity index (χ2n) is 5.33. The van der Waals surface area contributed by atoms with Crippen molar-refractivity contribution in [1.29, 1.82) is 0 Å². The lowest BCUT2D eigenvalue weighted by Crippen LogP contribution is -2.33. The summed E-state index contributed by atoms with van der Waals surface area (Å²) < 4.78 is 31.5. The van der Waals surface area contributed by atoms with E-state index in [1.807, 2.05) is 0 Å². The number of aromatic nitrogens is 1. The summed E-state index contributed by atoms with van der Waals surface area (Å²) in [6.07, 6.45) is 2.67. The van der Waals surface area contributed by atoms with Gasteiger partial charge in [-0.1, -0.05) is 18.2 Å². The first-order valence-corrected chi connectivity index (χ1v) is 8.91. The van der Waals surface area contributed by atoms with E-state index in [1.54, 1.807) is 12.1 Å². The van der Waals surface area contributed by atoms with E-state index >= 15 is 0 Å². The number of hydrogen-bond donors (Lipinski definition) is 0. The van der Waals surface area contributed by atoms with Gasteiger partial charge in [-0.3, -0.25) is 19.9 Å². The minimum atomic E-state index is -4.26. The molecule has 10 heteroatoms. The van der Waals surface area contributed by atoms with Crippen molar-refractivity contribution >= 4 is 21.7 Å². The van der Waals surface area contributed by atoms with Crippen molar-refractivity contribution in [3.8, 4) is 0 Å². The van der Waals surface area contributed by atoms with E-state index in [-0.39, 0.29) is 6.42 Å². The Balaban J connectivity index is 2.52. The van der Waals surface area contributed by atoms with Crippen LogP contribution in [0.25, 0.3) is 0 Å². The topological polar surface area (TPSA) is 120 Å². The Hall–Kier alpha value is -2.85. The summed E-state index contributed by atoms with van der Waals surface area (Å²) in [6.45, 7) is 0. The minimum Gasteiger partial charge on any atom is -0.469 e. The number of carbonyl (C=O) groups excluding carboxylic acids is 1. The number of nitro benzene ring substituents is 1. The monoisotopic (exact) mass is 379 g/mol. The van der Waals surface area contributed by atoms with Gasteiger partial charge in [0.05, 0.1) is 24.5 Å². The van der Waals surface area contributed by atoms with Crippen LogP contribution in [-0.4, -0.2) is 42.8 Å². The van der Waals surface area contributed by atoms with Gasteiger partial charge < -0.3 is 4.74 Å². The second kappa shape index (κ2) is 8.02. The Bertz CT molecular complexity index is 901. The number of sulfonamides is 1. The van der Waals surface area contributed by atoms with Crippen molar-refractivity contribution < 1.29 is 22.9 Å². The molecule has 0 saturated heterocycles. The van der Waals surface area contributed by atoms with Crippen LogP contribution in [0.5, 0.6) is 0 Å². The lowest BCUT2D eigenvalue weighted by Gasteiger charge is -2.26. The molecule has 26 heavy (non-hydrogen) atoms. The number of rotatable bonds is 7. The number of hydrogen-bond acceptors (Lipinski definition) is 7. The van der Waals surface area contributed by atoms with Crippen molar-refractivity contribution in [2.24, 2.45) is 0 Å². The van der Waals surface area contributed by atoms with E-state index in [4.69, 9.17) is 0 Å². The number of para-hydroxylation sites is 1. The number of benzene rings is 1. The molecular formula is C16H17N3O6S. The zero-order valence-electron chi connectivity index (χ0n) is 14.1. The van der Waals surface area contributed by atoms with Crippen LogP contribution < -0.4 is 0 Å². The van der Waals surface area contributed by atoms with Gasteiger partial charge >= 0.3 is 5.97 Å². The van der Waals surface area contributed by atoms with Crippen molar-refractivity contribution in [1.82, 2.24) is 9.29 Å². The van der Waals surface area contributed by atoms with Crippen LogP contribution >= 0.6 is 0 Å². The third-order valence-corrected chi connectivity index (χ3v) is 5.73. The predicted molar refractivity (Wildman–Crippen MR) is 91.7 cm³/mol. The number of pyridine rings is 1. The zero-order valence-corrected chi connectivity index (χ0v) is 14.9. The van der Waals surface area contributed by atoms with Crippen LogP contribution in [0, 0.1) is 10.1 Å². The molecule has 1 aromatic heterocycles. The quantitative estimate of drug-likeness (QED) is 0.409. The maximum absolute atomic E-state index is 13.0. The van der Waals surface area contributed by atoms with Crippen molar-refractivity contribution in [2.45, 2.75) is 17.4 Å². The van der Waals surface area contributed by atoms with Crippen LogP contribution in [0.2, 0.25) is 0 Å². The molecule has 1 aromatic carbocycles. The van der Waals surface area contributed by atoms with Crippen LogP contribution in [-0.2, 0) is 19.6 Å². The first kappa shape index (κ1) is 19.5. The molecule has 9 nitrogen and oxygen atoms in total. The number of carbonyl (C=O) groups is 1. The normalized spacial score (nSPS) is 12.6. The standard InChI is InChI=1S/C16H17N3O6S/c1-18(14(10-16(20)25-2)12-6-5-9-17-11-12)26(23,24)15-8-4-3-7-13(15)19(21)22/h3-9,11,14H,10H2,1-2H3. The Morgan fingerprint density at radius 1 is 1.31 bits per heavy atom.